The molecule has 0 unspecified atom stereocenters. The van der Waals surface area contributed by atoms with Gasteiger partial charge >= 0.3 is 11.9 Å². The highest BCUT2D eigenvalue weighted by atomic mass is 16.6. The largest absolute Gasteiger partial charge is 0.489 e. The second kappa shape index (κ2) is 9.19. The highest BCUT2D eigenvalue weighted by Gasteiger charge is 2.36. The van der Waals surface area contributed by atoms with Crippen LogP contribution in [0.1, 0.15) is 45.5 Å². The van der Waals surface area contributed by atoms with E-state index in [9.17, 15) is 19.5 Å². The summed E-state index contributed by atoms with van der Waals surface area (Å²) in [4.78, 5) is 39.0. The zero-order valence-electron chi connectivity index (χ0n) is 17.8. The summed E-state index contributed by atoms with van der Waals surface area (Å²) in [6.07, 6.45) is 2.04. The van der Waals surface area contributed by atoms with Gasteiger partial charge in [-0.05, 0) is 61.6 Å². The molecule has 0 aromatic heterocycles. The second-order valence-electron chi connectivity index (χ2n) is 7.88. The number of carboxylic acid groups (broad SMARTS) is 1. The number of aryl methyl sites for hydroxylation is 1. The van der Waals surface area contributed by atoms with Gasteiger partial charge in [-0.25, -0.2) is 9.59 Å². The first-order chi connectivity index (χ1) is 15.8. The normalized spacial score (nSPS) is 17.8. The van der Waals surface area contributed by atoms with Gasteiger partial charge in [0.05, 0.1) is 17.7 Å². The molecule has 1 saturated heterocycles. The summed E-state index contributed by atoms with van der Waals surface area (Å²) in [5.74, 6) is -2.11. The standard InChI is InChI=1S/C23H24N4O6/c24-23(25)26-14-8-9-15-13(12-14)4-3-11-32-19-16(5-1-7-18(19)33-22(15)31)20(28)27-10-2-6-17(27)21(29)30/h1,5,7-9,12,17H,2-4,6,10-11H2,(H,29,30)(H4,24,25,26)/t17-/m0/s1. The Morgan fingerprint density at radius 3 is 2.79 bits per heavy atom. The van der Waals surface area contributed by atoms with E-state index >= 15 is 0 Å². The fourth-order valence-electron chi connectivity index (χ4n) is 4.16. The number of para-hydroxylation sites is 1. The smallest absolute Gasteiger partial charge is 0.343 e. The van der Waals surface area contributed by atoms with Gasteiger partial charge in [-0.1, -0.05) is 6.07 Å². The van der Waals surface area contributed by atoms with E-state index in [0.29, 0.717) is 49.0 Å². The van der Waals surface area contributed by atoms with Crippen molar-refractivity contribution < 1.29 is 29.0 Å². The number of carbonyl (C=O) groups excluding carboxylic acids is 2. The first-order valence-corrected chi connectivity index (χ1v) is 10.6. The zero-order valence-corrected chi connectivity index (χ0v) is 17.8. The van der Waals surface area contributed by atoms with Gasteiger partial charge in [-0.3, -0.25) is 10.2 Å². The summed E-state index contributed by atoms with van der Waals surface area (Å²) in [6.45, 7) is 0.588. The number of carbonyl (C=O) groups is 3. The van der Waals surface area contributed by atoms with Gasteiger partial charge < -0.3 is 30.5 Å². The molecule has 172 valence electrons. The summed E-state index contributed by atoms with van der Waals surface area (Å²) >= 11 is 0. The minimum absolute atomic E-state index is 0.0932. The number of nitrogens with one attached hydrogen (secondary N) is 2. The molecule has 0 radical (unpaired) electrons. The van der Waals surface area contributed by atoms with E-state index in [1.54, 1.807) is 30.3 Å². The van der Waals surface area contributed by atoms with E-state index in [-0.39, 0.29) is 29.6 Å². The van der Waals surface area contributed by atoms with Crippen LogP contribution in [0.3, 0.4) is 0 Å². The number of likely N-dealkylation sites (tertiary alicyclic amines) is 1. The molecule has 5 N–H and O–H groups in total. The number of nitrogens with zero attached hydrogens (tertiary/aromatic N) is 1. The minimum atomic E-state index is -1.05. The minimum Gasteiger partial charge on any atom is -0.489 e. The number of esters is 1. The predicted octanol–water partition coefficient (Wildman–Crippen LogP) is 2.23. The number of aliphatic carboxylic acids is 1. The molecule has 0 bridgehead atoms. The molecular weight excluding hydrogens is 428 g/mol. The van der Waals surface area contributed by atoms with Gasteiger partial charge in [0.2, 0.25) is 0 Å². The Hall–Kier alpha value is -4.08. The van der Waals surface area contributed by atoms with Crippen molar-refractivity contribution in [1.82, 2.24) is 4.90 Å². The average Bonchev–Trinajstić information content (AvgIpc) is 3.26. The van der Waals surface area contributed by atoms with E-state index in [0.717, 1.165) is 0 Å². The molecule has 10 heteroatoms. The Morgan fingerprint density at radius 1 is 1.21 bits per heavy atom. The predicted molar refractivity (Wildman–Crippen MR) is 119 cm³/mol. The molecule has 0 aliphatic carbocycles. The van der Waals surface area contributed by atoms with Crippen molar-refractivity contribution in [2.45, 2.75) is 31.7 Å². The van der Waals surface area contributed by atoms with Gasteiger partial charge in [0, 0.05) is 12.2 Å². The lowest BCUT2D eigenvalue weighted by Crippen LogP contribution is -2.40. The lowest BCUT2D eigenvalue weighted by Gasteiger charge is -2.24. The maximum absolute atomic E-state index is 13.2. The molecule has 2 aromatic carbocycles. The number of guanidine groups is 1. The first kappa shape index (κ1) is 22.1. The Kier molecular flexibility index (Phi) is 6.16. The molecule has 2 aliphatic heterocycles. The number of fused-ring (bicyclic) bond motifs is 2. The number of amides is 1. The highest BCUT2D eigenvalue weighted by Crippen LogP contribution is 2.35. The van der Waals surface area contributed by atoms with E-state index in [4.69, 9.17) is 20.6 Å². The fourth-order valence-corrected chi connectivity index (χ4v) is 4.16. The van der Waals surface area contributed by atoms with Crippen molar-refractivity contribution >= 4 is 29.5 Å². The third-order valence-electron chi connectivity index (χ3n) is 5.65. The van der Waals surface area contributed by atoms with E-state index in [1.165, 1.54) is 11.0 Å². The Balaban J connectivity index is 1.66. The lowest BCUT2D eigenvalue weighted by atomic mass is 10.0. The van der Waals surface area contributed by atoms with Crippen LogP contribution in [0.2, 0.25) is 0 Å². The topological polar surface area (TPSA) is 155 Å². The van der Waals surface area contributed by atoms with Gasteiger partial charge in [0.15, 0.2) is 17.5 Å². The number of anilines is 1. The second-order valence-corrected chi connectivity index (χ2v) is 7.88. The van der Waals surface area contributed by atoms with Crippen LogP contribution < -0.4 is 20.5 Å². The van der Waals surface area contributed by atoms with Crippen molar-refractivity contribution in [3.05, 3.63) is 53.1 Å². The summed E-state index contributed by atoms with van der Waals surface area (Å²) in [5.41, 5.74) is 7.21. The quantitative estimate of drug-likeness (QED) is 0.239. The monoisotopic (exact) mass is 452 g/mol. The van der Waals surface area contributed by atoms with Crippen LogP contribution in [0.25, 0.3) is 0 Å². The molecule has 2 aromatic rings. The lowest BCUT2D eigenvalue weighted by molar-refractivity contribution is -0.141. The highest BCUT2D eigenvalue weighted by molar-refractivity contribution is 6.01. The van der Waals surface area contributed by atoms with Gasteiger partial charge in [-0.2, -0.15) is 0 Å². The van der Waals surface area contributed by atoms with Crippen molar-refractivity contribution in [3.8, 4) is 11.5 Å². The molecule has 0 spiro atoms. The molecular formula is C23H24N4O6. The third kappa shape index (κ3) is 4.59. The third-order valence-corrected chi connectivity index (χ3v) is 5.65. The summed E-state index contributed by atoms with van der Waals surface area (Å²) in [5, 5.41) is 19.5. The van der Waals surface area contributed by atoms with Crippen molar-refractivity contribution in [2.75, 3.05) is 18.5 Å². The molecule has 1 atom stereocenters. The number of rotatable bonds is 3. The van der Waals surface area contributed by atoms with Crippen LogP contribution >= 0.6 is 0 Å². The molecule has 1 amide bonds. The number of ether oxygens (including phenoxy) is 2. The van der Waals surface area contributed by atoms with Crippen LogP contribution in [0.15, 0.2) is 36.4 Å². The summed E-state index contributed by atoms with van der Waals surface area (Å²) in [6, 6.07) is 8.73. The summed E-state index contributed by atoms with van der Waals surface area (Å²) < 4.78 is 11.5. The Bertz CT molecular complexity index is 1130. The zero-order chi connectivity index (χ0) is 23.5. The molecule has 2 heterocycles. The van der Waals surface area contributed by atoms with Crippen LogP contribution in [0.4, 0.5) is 5.69 Å². The van der Waals surface area contributed by atoms with Crippen molar-refractivity contribution in [3.63, 3.8) is 0 Å². The van der Waals surface area contributed by atoms with Crippen molar-refractivity contribution in [1.29, 1.82) is 5.41 Å². The number of hydrogen-bond acceptors (Lipinski definition) is 6. The maximum atomic E-state index is 13.2. The molecule has 10 nitrogen and oxygen atoms in total. The number of hydrogen-bond donors (Lipinski definition) is 4. The van der Waals surface area contributed by atoms with Crippen LogP contribution in [-0.2, 0) is 11.2 Å². The first-order valence-electron chi connectivity index (χ1n) is 10.6. The van der Waals surface area contributed by atoms with E-state index < -0.39 is 23.9 Å². The molecule has 33 heavy (non-hydrogen) atoms. The van der Waals surface area contributed by atoms with Gasteiger partial charge in [-0.15, -0.1) is 0 Å². The van der Waals surface area contributed by atoms with Crippen molar-refractivity contribution in [2.24, 2.45) is 5.73 Å². The Morgan fingerprint density at radius 2 is 2.03 bits per heavy atom. The Labute approximate surface area is 189 Å². The SMILES string of the molecule is N=C(N)Nc1ccc2c(c1)CCCOc1c(cccc1C(=O)N1CCC[C@H]1C(=O)O)OC2=O. The van der Waals surface area contributed by atoms with E-state index in [1.807, 2.05) is 0 Å². The van der Waals surface area contributed by atoms with Crippen LogP contribution in [0, 0.1) is 5.41 Å². The summed E-state index contributed by atoms with van der Waals surface area (Å²) in [7, 11) is 0. The molecule has 4 rings (SSSR count). The van der Waals surface area contributed by atoms with E-state index in [2.05, 4.69) is 5.32 Å². The van der Waals surface area contributed by atoms with Gasteiger partial charge in [0.1, 0.15) is 6.04 Å². The number of nitrogens with two attached hydrogens (primary N) is 1. The fraction of sp³-hybridized carbons (Fsp3) is 0.304. The number of benzene rings is 2. The molecule has 0 saturated carbocycles. The van der Waals surface area contributed by atoms with Crippen LogP contribution in [-0.4, -0.2) is 53.0 Å². The number of carboxylic acids is 1. The maximum Gasteiger partial charge on any atom is 0.343 e. The average molecular weight is 452 g/mol. The van der Waals surface area contributed by atoms with Gasteiger partial charge in [0.25, 0.3) is 5.91 Å². The molecule has 1 fully saturated rings. The molecule has 2 aliphatic rings. The van der Waals surface area contributed by atoms with Crippen LogP contribution in [0.5, 0.6) is 11.5 Å².